The van der Waals surface area contributed by atoms with Gasteiger partial charge in [0.05, 0.1) is 6.20 Å². The second-order valence-electron chi connectivity index (χ2n) is 2.11. The molecule has 2 aliphatic heterocycles. The molecule has 0 spiro atoms. The molecule has 0 saturated carbocycles. The Morgan fingerprint density at radius 2 is 2.50 bits per heavy atom. The first-order chi connectivity index (χ1) is 3.97. The van der Waals surface area contributed by atoms with E-state index in [1.807, 2.05) is 0 Å². The first-order valence-corrected chi connectivity index (χ1v) is 2.88. The van der Waals surface area contributed by atoms with E-state index < -0.39 is 0 Å². The van der Waals surface area contributed by atoms with Crippen LogP contribution in [0, 0.1) is 0 Å². The van der Waals surface area contributed by atoms with Crippen molar-refractivity contribution in [1.82, 2.24) is 0 Å². The lowest BCUT2D eigenvalue weighted by Gasteiger charge is -2.00. The van der Waals surface area contributed by atoms with Crippen molar-refractivity contribution in [1.29, 1.82) is 0 Å². The molecule has 0 fully saturated rings. The molecule has 2 rings (SSSR count). The average molecular weight is 106 g/mol. The van der Waals surface area contributed by atoms with Crippen LogP contribution in [0.25, 0.3) is 0 Å². The van der Waals surface area contributed by atoms with Gasteiger partial charge in [0, 0.05) is 12.2 Å². The molecule has 8 heavy (non-hydrogen) atoms. The Hall–Kier alpha value is -0.820. The van der Waals surface area contributed by atoms with Crippen molar-refractivity contribution >= 4 is 0 Å². The van der Waals surface area contributed by atoms with Gasteiger partial charge in [-0.3, -0.25) is 4.90 Å². The van der Waals surface area contributed by atoms with Gasteiger partial charge in [-0.25, -0.2) is 0 Å². The summed E-state index contributed by atoms with van der Waals surface area (Å²) in [6.45, 7) is 1.14. The van der Waals surface area contributed by atoms with Gasteiger partial charge >= 0.3 is 0 Å². The molecule has 0 aromatic rings. The summed E-state index contributed by atoms with van der Waals surface area (Å²) in [6, 6.07) is 0. The number of rotatable bonds is 0. The lowest BCUT2D eigenvalue weighted by molar-refractivity contribution is -0.786. The summed E-state index contributed by atoms with van der Waals surface area (Å²) < 4.78 is 0. The molecule has 0 aromatic heterocycles. The van der Waals surface area contributed by atoms with Crippen molar-refractivity contribution in [3.63, 3.8) is 0 Å². The molecule has 0 amide bonds. The summed E-state index contributed by atoms with van der Waals surface area (Å²) in [7, 11) is 0. The molecule has 0 aliphatic carbocycles. The summed E-state index contributed by atoms with van der Waals surface area (Å²) >= 11 is 0. The van der Waals surface area contributed by atoms with Crippen LogP contribution in [0.3, 0.4) is 0 Å². The number of allylic oxidation sites excluding steroid dienone is 3. The largest absolute Gasteiger partial charge is 0.273 e. The Labute approximate surface area is 48.6 Å². The van der Waals surface area contributed by atoms with Crippen molar-refractivity contribution in [2.24, 2.45) is 0 Å². The average Bonchev–Trinajstić information content (AvgIpc) is 2.15. The van der Waals surface area contributed by atoms with Gasteiger partial charge in [0.15, 0.2) is 0 Å². The summed E-state index contributed by atoms with van der Waals surface area (Å²) in [6.07, 6.45) is 10.8. The quantitative estimate of drug-likeness (QED) is 0.438. The minimum atomic E-state index is 1.14. The molecule has 1 atom stereocenters. The third-order valence-electron chi connectivity index (χ3n) is 1.58. The predicted octanol–water partition coefficient (Wildman–Crippen LogP) is -0.148. The summed E-state index contributed by atoms with van der Waals surface area (Å²) in [5, 5.41) is 0. The highest BCUT2D eigenvalue weighted by Crippen LogP contribution is 1.97. The molecule has 1 N–H and O–H groups in total. The van der Waals surface area contributed by atoms with E-state index in [1.165, 1.54) is 10.6 Å². The summed E-state index contributed by atoms with van der Waals surface area (Å²) in [5.41, 5.74) is 1.41. The Kier molecular flexibility index (Phi) is 0.680. The summed E-state index contributed by atoms with van der Waals surface area (Å²) in [4.78, 5) is 1.48. The first kappa shape index (κ1) is 4.10. The van der Waals surface area contributed by atoms with Crippen LogP contribution >= 0.6 is 0 Å². The van der Waals surface area contributed by atoms with Gasteiger partial charge in [-0.1, -0.05) is 0 Å². The zero-order valence-electron chi connectivity index (χ0n) is 4.59. The third kappa shape index (κ3) is 0.393. The van der Waals surface area contributed by atoms with Gasteiger partial charge < -0.3 is 0 Å². The molecule has 0 saturated heterocycles. The molecule has 0 aromatic carbocycles. The van der Waals surface area contributed by atoms with E-state index >= 15 is 0 Å². The lowest BCUT2D eigenvalue weighted by atomic mass is 10.4. The fourth-order valence-corrected chi connectivity index (χ4v) is 1.13. The Morgan fingerprint density at radius 3 is 3.38 bits per heavy atom. The van der Waals surface area contributed by atoms with Crippen LogP contribution in [0.5, 0.6) is 0 Å². The molecule has 1 nitrogen and oxygen atoms in total. The Bertz CT molecular complexity index is 187. The highest BCUT2D eigenvalue weighted by molar-refractivity contribution is 5.23. The van der Waals surface area contributed by atoms with Gasteiger partial charge in [0.1, 0.15) is 12.2 Å². The van der Waals surface area contributed by atoms with Gasteiger partial charge in [-0.2, -0.15) is 0 Å². The highest BCUT2D eigenvalue weighted by atomic mass is 15.1. The van der Waals surface area contributed by atoms with Crippen molar-refractivity contribution in [3.8, 4) is 0 Å². The van der Waals surface area contributed by atoms with E-state index in [0.717, 1.165) is 6.54 Å². The van der Waals surface area contributed by atoms with Crippen LogP contribution in [-0.2, 0) is 0 Å². The number of nitrogens with one attached hydrogen (secondary N) is 1. The normalized spacial score (nSPS) is 31.0. The summed E-state index contributed by atoms with van der Waals surface area (Å²) in [5.74, 6) is 0. The Balaban J connectivity index is 2.39. The van der Waals surface area contributed by atoms with E-state index in [0.29, 0.717) is 0 Å². The van der Waals surface area contributed by atoms with Gasteiger partial charge in [0.2, 0.25) is 0 Å². The minimum Gasteiger partial charge on any atom is -0.273 e. The van der Waals surface area contributed by atoms with E-state index in [1.54, 1.807) is 0 Å². The molecule has 1 unspecified atom stereocenters. The van der Waals surface area contributed by atoms with Crippen molar-refractivity contribution in [2.75, 3.05) is 6.54 Å². The van der Waals surface area contributed by atoms with Crippen molar-refractivity contribution in [2.45, 2.75) is 0 Å². The first-order valence-electron chi connectivity index (χ1n) is 2.88. The Morgan fingerprint density at radius 1 is 1.50 bits per heavy atom. The molecule has 40 valence electrons. The standard InChI is InChI=1S/C7H7N/c1-3-7-4-2-6-8(7)5-1/h1-5H,6H2/p+1. The number of hydrogen-bond acceptors (Lipinski definition) is 0. The highest BCUT2D eigenvalue weighted by Gasteiger charge is 2.16. The number of quaternary nitrogens is 1. The zero-order chi connectivity index (χ0) is 5.40. The molecule has 1 heteroatoms. The molecular formula is C7H8N+. The zero-order valence-corrected chi connectivity index (χ0v) is 4.59. The molecule has 2 aliphatic rings. The third-order valence-corrected chi connectivity index (χ3v) is 1.58. The van der Waals surface area contributed by atoms with Crippen LogP contribution in [-0.4, -0.2) is 6.54 Å². The fourth-order valence-electron chi connectivity index (χ4n) is 1.13. The smallest absolute Gasteiger partial charge is 0.136 e. The SMILES string of the molecule is C1=C[NH+]2CC=CC2=C1. The molecule has 0 radical (unpaired) electrons. The van der Waals surface area contributed by atoms with E-state index in [-0.39, 0.29) is 0 Å². The second-order valence-corrected chi connectivity index (χ2v) is 2.11. The van der Waals surface area contributed by atoms with Crippen LogP contribution in [0.2, 0.25) is 0 Å². The van der Waals surface area contributed by atoms with Gasteiger partial charge in [-0.15, -0.1) is 0 Å². The molecule has 0 bridgehead atoms. The minimum absolute atomic E-state index is 1.14. The molecular weight excluding hydrogens is 98.1 g/mol. The topological polar surface area (TPSA) is 4.44 Å². The van der Waals surface area contributed by atoms with E-state index in [9.17, 15) is 0 Å². The van der Waals surface area contributed by atoms with Gasteiger partial charge in [-0.05, 0) is 12.2 Å². The van der Waals surface area contributed by atoms with E-state index in [2.05, 4.69) is 30.5 Å². The number of hydrogen-bond donors (Lipinski definition) is 1. The molecule has 2 heterocycles. The second kappa shape index (κ2) is 1.33. The lowest BCUT2D eigenvalue weighted by Crippen LogP contribution is -3.02. The van der Waals surface area contributed by atoms with Crippen molar-refractivity contribution in [3.05, 3.63) is 36.2 Å². The van der Waals surface area contributed by atoms with Crippen LogP contribution < -0.4 is 4.90 Å². The van der Waals surface area contributed by atoms with Crippen LogP contribution in [0.4, 0.5) is 0 Å². The van der Waals surface area contributed by atoms with Crippen LogP contribution in [0.15, 0.2) is 36.2 Å². The maximum Gasteiger partial charge on any atom is 0.136 e. The number of fused-ring (bicyclic) bond motifs is 1. The maximum atomic E-state index is 2.20. The monoisotopic (exact) mass is 106 g/mol. The van der Waals surface area contributed by atoms with Crippen molar-refractivity contribution < 1.29 is 4.90 Å². The van der Waals surface area contributed by atoms with Gasteiger partial charge in [0.25, 0.3) is 0 Å². The van der Waals surface area contributed by atoms with E-state index in [4.69, 9.17) is 0 Å². The predicted molar refractivity (Wildman–Crippen MR) is 32.2 cm³/mol. The fraction of sp³-hybridized carbons (Fsp3) is 0.143. The maximum absolute atomic E-state index is 2.20. The van der Waals surface area contributed by atoms with Crippen LogP contribution in [0.1, 0.15) is 0 Å².